The Hall–Kier alpha value is -3.33. The molecule has 6 nitrogen and oxygen atoms in total. The Labute approximate surface area is 133 Å². The van der Waals surface area contributed by atoms with Gasteiger partial charge in [0.15, 0.2) is 0 Å². The fourth-order valence-corrected chi connectivity index (χ4v) is 2.07. The molecule has 23 heavy (non-hydrogen) atoms. The highest BCUT2D eigenvalue weighted by Crippen LogP contribution is 2.22. The zero-order chi connectivity index (χ0) is 16.1. The number of aromatic nitrogens is 2. The second kappa shape index (κ2) is 6.62. The minimum absolute atomic E-state index is 0.381. The molecule has 0 amide bonds. The summed E-state index contributed by atoms with van der Waals surface area (Å²) >= 11 is 0. The highest BCUT2D eigenvalue weighted by molar-refractivity contribution is 5.55. The molecule has 1 aromatic heterocycles. The van der Waals surface area contributed by atoms with E-state index in [1.165, 1.54) is 0 Å². The topological polar surface area (TPSA) is 84.0 Å². The summed E-state index contributed by atoms with van der Waals surface area (Å²) < 4.78 is 10.8. The Morgan fingerprint density at radius 3 is 2.87 bits per heavy atom. The summed E-state index contributed by atoms with van der Waals surface area (Å²) in [6, 6.07) is 16.7. The Morgan fingerprint density at radius 1 is 1.17 bits per heavy atom. The van der Waals surface area contributed by atoms with E-state index < -0.39 is 0 Å². The minimum atomic E-state index is 0.381. The van der Waals surface area contributed by atoms with Crippen LogP contribution in [0.2, 0.25) is 0 Å². The molecular formula is C17H14N4O2. The molecule has 0 aliphatic rings. The van der Waals surface area contributed by atoms with Crippen molar-refractivity contribution in [2.24, 2.45) is 0 Å². The van der Waals surface area contributed by atoms with Crippen molar-refractivity contribution >= 4 is 5.69 Å². The minimum Gasteiger partial charge on any atom is -0.497 e. The molecule has 0 atom stereocenters. The van der Waals surface area contributed by atoms with E-state index in [0.29, 0.717) is 23.9 Å². The van der Waals surface area contributed by atoms with Crippen LogP contribution in [0.3, 0.4) is 0 Å². The van der Waals surface area contributed by atoms with Gasteiger partial charge in [0.25, 0.3) is 0 Å². The number of nitriles is 1. The predicted octanol–water partition coefficient (Wildman–Crippen LogP) is 3.23. The van der Waals surface area contributed by atoms with Gasteiger partial charge in [0.05, 0.1) is 25.3 Å². The van der Waals surface area contributed by atoms with Crippen molar-refractivity contribution in [3.8, 4) is 23.3 Å². The van der Waals surface area contributed by atoms with Crippen LogP contribution in [0.15, 0.2) is 52.9 Å². The van der Waals surface area contributed by atoms with Crippen molar-refractivity contribution in [1.29, 1.82) is 5.26 Å². The molecule has 1 N–H and O–H groups in total. The van der Waals surface area contributed by atoms with Gasteiger partial charge in [-0.2, -0.15) is 5.26 Å². The van der Waals surface area contributed by atoms with Crippen LogP contribution in [-0.4, -0.2) is 17.3 Å². The maximum Gasteiger partial charge on any atom is 0.247 e. The molecule has 0 fully saturated rings. The zero-order valence-electron chi connectivity index (χ0n) is 12.5. The molecule has 2 aromatic carbocycles. The van der Waals surface area contributed by atoms with E-state index in [9.17, 15) is 0 Å². The van der Waals surface area contributed by atoms with E-state index in [1.807, 2.05) is 36.4 Å². The summed E-state index contributed by atoms with van der Waals surface area (Å²) in [7, 11) is 1.61. The first kappa shape index (κ1) is 14.6. The third kappa shape index (κ3) is 3.47. The smallest absolute Gasteiger partial charge is 0.247 e. The average Bonchev–Trinajstić information content (AvgIpc) is 3.09. The van der Waals surface area contributed by atoms with Gasteiger partial charge in [0.2, 0.25) is 11.8 Å². The standard InChI is InChI=1S/C17H14N4O2/c1-22-15-7-3-5-13(9-15)17-21-20-16(23-17)11-19-14-6-2-4-12(8-14)10-18/h2-9,19H,11H2,1H3. The molecule has 3 rings (SSSR count). The van der Waals surface area contributed by atoms with Crippen molar-refractivity contribution in [3.05, 3.63) is 60.0 Å². The maximum absolute atomic E-state index is 8.89. The third-order valence-corrected chi connectivity index (χ3v) is 3.22. The molecule has 0 saturated carbocycles. The van der Waals surface area contributed by atoms with Crippen LogP contribution in [-0.2, 0) is 6.54 Å². The SMILES string of the molecule is COc1cccc(-c2nnc(CNc3cccc(C#N)c3)o2)c1. The fourth-order valence-electron chi connectivity index (χ4n) is 2.07. The molecule has 0 saturated heterocycles. The van der Waals surface area contributed by atoms with E-state index in [1.54, 1.807) is 19.2 Å². The second-order valence-corrected chi connectivity index (χ2v) is 4.78. The number of hydrogen-bond donors (Lipinski definition) is 1. The van der Waals surface area contributed by atoms with Crippen LogP contribution in [0.4, 0.5) is 5.69 Å². The van der Waals surface area contributed by atoms with Crippen molar-refractivity contribution in [2.75, 3.05) is 12.4 Å². The van der Waals surface area contributed by atoms with Crippen molar-refractivity contribution in [3.63, 3.8) is 0 Å². The van der Waals surface area contributed by atoms with Gasteiger partial charge in [-0.3, -0.25) is 0 Å². The number of nitrogens with one attached hydrogen (secondary N) is 1. The van der Waals surface area contributed by atoms with Gasteiger partial charge in [0.1, 0.15) is 5.75 Å². The Morgan fingerprint density at radius 2 is 2.04 bits per heavy atom. The monoisotopic (exact) mass is 306 g/mol. The second-order valence-electron chi connectivity index (χ2n) is 4.78. The number of ether oxygens (including phenoxy) is 1. The fraction of sp³-hybridized carbons (Fsp3) is 0.118. The molecule has 0 bridgehead atoms. The normalized spacial score (nSPS) is 10.1. The molecule has 114 valence electrons. The maximum atomic E-state index is 8.89. The van der Waals surface area contributed by atoms with Crippen LogP contribution >= 0.6 is 0 Å². The molecule has 0 spiro atoms. The van der Waals surface area contributed by atoms with Crippen LogP contribution in [0.1, 0.15) is 11.5 Å². The van der Waals surface area contributed by atoms with E-state index in [2.05, 4.69) is 21.6 Å². The average molecular weight is 306 g/mol. The molecule has 0 aliphatic heterocycles. The van der Waals surface area contributed by atoms with Crippen molar-refractivity contribution in [2.45, 2.75) is 6.54 Å². The Bertz CT molecular complexity index is 852. The molecule has 0 radical (unpaired) electrons. The molecule has 3 aromatic rings. The first-order valence-electron chi connectivity index (χ1n) is 6.99. The van der Waals surface area contributed by atoms with Gasteiger partial charge in [-0.1, -0.05) is 12.1 Å². The first-order chi connectivity index (χ1) is 11.3. The first-order valence-corrected chi connectivity index (χ1v) is 6.99. The quantitative estimate of drug-likeness (QED) is 0.779. The van der Waals surface area contributed by atoms with Gasteiger partial charge in [0, 0.05) is 11.3 Å². The Balaban J connectivity index is 1.70. The number of rotatable bonds is 5. The van der Waals surface area contributed by atoms with E-state index in [0.717, 1.165) is 17.0 Å². The van der Waals surface area contributed by atoms with Gasteiger partial charge in [-0.25, -0.2) is 0 Å². The summed E-state index contributed by atoms with van der Waals surface area (Å²) in [5.41, 5.74) is 2.22. The number of benzene rings is 2. The zero-order valence-corrected chi connectivity index (χ0v) is 12.5. The lowest BCUT2D eigenvalue weighted by molar-refractivity contribution is 0.414. The van der Waals surface area contributed by atoms with Crippen molar-refractivity contribution in [1.82, 2.24) is 10.2 Å². The summed E-state index contributed by atoms with van der Waals surface area (Å²) in [6.45, 7) is 0.381. The van der Waals surface area contributed by atoms with E-state index in [-0.39, 0.29) is 0 Å². The van der Waals surface area contributed by atoms with Crippen LogP contribution < -0.4 is 10.1 Å². The van der Waals surface area contributed by atoms with Crippen LogP contribution in [0.25, 0.3) is 11.5 Å². The molecule has 0 aliphatic carbocycles. The molecule has 6 heteroatoms. The van der Waals surface area contributed by atoms with E-state index >= 15 is 0 Å². The third-order valence-electron chi connectivity index (χ3n) is 3.22. The summed E-state index contributed by atoms with van der Waals surface area (Å²) in [5, 5.41) is 20.1. The summed E-state index contributed by atoms with van der Waals surface area (Å²) in [4.78, 5) is 0. The largest absolute Gasteiger partial charge is 0.497 e. The number of anilines is 1. The summed E-state index contributed by atoms with van der Waals surface area (Å²) in [6.07, 6.45) is 0. The van der Waals surface area contributed by atoms with Crippen LogP contribution in [0.5, 0.6) is 5.75 Å². The lowest BCUT2D eigenvalue weighted by atomic mass is 10.2. The molecule has 0 unspecified atom stereocenters. The lowest BCUT2D eigenvalue weighted by Crippen LogP contribution is -1.99. The predicted molar refractivity (Wildman–Crippen MR) is 84.8 cm³/mol. The summed E-state index contributed by atoms with van der Waals surface area (Å²) in [5.74, 6) is 1.63. The van der Waals surface area contributed by atoms with Gasteiger partial charge < -0.3 is 14.5 Å². The van der Waals surface area contributed by atoms with Gasteiger partial charge in [-0.05, 0) is 36.4 Å². The number of hydrogen-bond acceptors (Lipinski definition) is 6. The number of methoxy groups -OCH3 is 1. The van der Waals surface area contributed by atoms with Crippen molar-refractivity contribution < 1.29 is 9.15 Å². The Kier molecular flexibility index (Phi) is 4.20. The van der Waals surface area contributed by atoms with Gasteiger partial charge in [-0.15, -0.1) is 10.2 Å². The van der Waals surface area contributed by atoms with Gasteiger partial charge >= 0.3 is 0 Å². The highest BCUT2D eigenvalue weighted by Gasteiger charge is 2.09. The van der Waals surface area contributed by atoms with E-state index in [4.69, 9.17) is 14.4 Å². The molecular weight excluding hydrogens is 292 g/mol. The molecule has 1 heterocycles. The number of nitrogens with zero attached hydrogens (tertiary/aromatic N) is 3. The lowest BCUT2D eigenvalue weighted by Gasteiger charge is -2.03. The van der Waals surface area contributed by atoms with Crippen LogP contribution in [0, 0.1) is 11.3 Å². The highest BCUT2D eigenvalue weighted by atomic mass is 16.5.